The molecular weight excluding hydrogens is 262 g/mol. The summed E-state index contributed by atoms with van der Waals surface area (Å²) in [5.41, 5.74) is 5.81. The highest BCUT2D eigenvalue weighted by atomic mass is 16.1. The molecule has 2 rings (SSSR count). The third-order valence-electron chi connectivity index (χ3n) is 5.32. The van der Waals surface area contributed by atoms with Crippen molar-refractivity contribution < 1.29 is 4.79 Å². The van der Waals surface area contributed by atoms with Crippen molar-refractivity contribution in [2.45, 2.75) is 76.9 Å². The van der Waals surface area contributed by atoms with Gasteiger partial charge in [-0.25, -0.2) is 0 Å². The van der Waals surface area contributed by atoms with Gasteiger partial charge in [0.1, 0.15) is 0 Å². The predicted molar refractivity (Wildman–Crippen MR) is 87.0 cm³/mol. The summed E-state index contributed by atoms with van der Waals surface area (Å²) in [5, 5.41) is 3.28. The van der Waals surface area contributed by atoms with Gasteiger partial charge in [-0.3, -0.25) is 4.79 Å². The van der Waals surface area contributed by atoms with E-state index in [2.05, 4.69) is 31.1 Å². The minimum Gasteiger partial charge on any atom is -0.353 e. The summed E-state index contributed by atoms with van der Waals surface area (Å²) in [6.45, 7) is 5.00. The molecule has 1 amide bonds. The van der Waals surface area contributed by atoms with Crippen LogP contribution in [0, 0.1) is 11.8 Å². The normalized spacial score (nSPS) is 31.2. The number of amides is 1. The fraction of sp³-hybridized carbons (Fsp3) is 0.941. The Kier molecular flexibility index (Phi) is 6.06. The van der Waals surface area contributed by atoms with Crippen molar-refractivity contribution in [2.75, 3.05) is 13.6 Å². The second-order valence-corrected chi connectivity index (χ2v) is 7.58. The lowest BCUT2D eigenvalue weighted by Gasteiger charge is -2.47. The van der Waals surface area contributed by atoms with Crippen molar-refractivity contribution in [1.82, 2.24) is 10.2 Å². The van der Waals surface area contributed by atoms with E-state index in [1.165, 1.54) is 19.3 Å². The molecule has 2 fully saturated rings. The molecule has 3 N–H and O–H groups in total. The molecule has 122 valence electrons. The van der Waals surface area contributed by atoms with Gasteiger partial charge in [0.05, 0.1) is 0 Å². The largest absolute Gasteiger partial charge is 0.353 e. The van der Waals surface area contributed by atoms with E-state index in [-0.39, 0.29) is 5.91 Å². The third kappa shape index (κ3) is 4.68. The summed E-state index contributed by atoms with van der Waals surface area (Å²) in [5.74, 6) is 1.14. The number of fused-ring (bicyclic) bond motifs is 2. The first-order valence-electron chi connectivity index (χ1n) is 8.71. The molecule has 0 spiro atoms. The van der Waals surface area contributed by atoms with Crippen LogP contribution < -0.4 is 11.1 Å². The molecule has 2 unspecified atom stereocenters. The number of piperidine rings is 2. The van der Waals surface area contributed by atoms with E-state index >= 15 is 0 Å². The Morgan fingerprint density at radius 1 is 1.29 bits per heavy atom. The Labute approximate surface area is 129 Å². The topological polar surface area (TPSA) is 58.4 Å². The van der Waals surface area contributed by atoms with Crippen LogP contribution in [0.4, 0.5) is 0 Å². The molecule has 4 nitrogen and oxygen atoms in total. The maximum absolute atomic E-state index is 12.3. The van der Waals surface area contributed by atoms with Crippen LogP contribution in [0.5, 0.6) is 0 Å². The maximum atomic E-state index is 12.3. The number of rotatable bonds is 6. The van der Waals surface area contributed by atoms with Gasteiger partial charge in [0, 0.05) is 24.5 Å². The van der Waals surface area contributed by atoms with Crippen LogP contribution in [0.2, 0.25) is 0 Å². The highest BCUT2D eigenvalue weighted by Crippen LogP contribution is 2.32. The number of hydrogen-bond donors (Lipinski definition) is 2. The maximum Gasteiger partial charge on any atom is 0.220 e. The average molecular weight is 295 g/mol. The van der Waals surface area contributed by atoms with Crippen LogP contribution in [0.3, 0.4) is 0 Å². The second kappa shape index (κ2) is 7.59. The van der Waals surface area contributed by atoms with Crippen LogP contribution in [0.1, 0.15) is 58.8 Å². The van der Waals surface area contributed by atoms with E-state index in [1.54, 1.807) is 0 Å². The average Bonchev–Trinajstić information content (AvgIpc) is 2.38. The smallest absolute Gasteiger partial charge is 0.220 e. The van der Waals surface area contributed by atoms with Crippen LogP contribution in [0.15, 0.2) is 0 Å². The van der Waals surface area contributed by atoms with Crippen LogP contribution in [-0.4, -0.2) is 42.5 Å². The Hall–Kier alpha value is -0.610. The lowest BCUT2D eigenvalue weighted by molar-refractivity contribution is -0.123. The molecule has 0 aromatic rings. The van der Waals surface area contributed by atoms with Gasteiger partial charge in [-0.1, -0.05) is 20.3 Å². The highest BCUT2D eigenvalue weighted by Gasteiger charge is 2.36. The zero-order chi connectivity index (χ0) is 15.4. The minimum absolute atomic E-state index is 0.207. The fourth-order valence-corrected chi connectivity index (χ4v) is 4.21. The van der Waals surface area contributed by atoms with Crippen LogP contribution >= 0.6 is 0 Å². The van der Waals surface area contributed by atoms with E-state index in [0.29, 0.717) is 42.9 Å². The first kappa shape index (κ1) is 16.8. The van der Waals surface area contributed by atoms with E-state index in [4.69, 9.17) is 5.73 Å². The first-order chi connectivity index (χ1) is 9.99. The Bertz CT molecular complexity index is 331. The second-order valence-electron chi connectivity index (χ2n) is 7.58. The van der Waals surface area contributed by atoms with Crippen molar-refractivity contribution in [2.24, 2.45) is 17.6 Å². The quantitative estimate of drug-likeness (QED) is 0.789. The van der Waals surface area contributed by atoms with Crippen molar-refractivity contribution >= 4 is 5.91 Å². The van der Waals surface area contributed by atoms with Gasteiger partial charge in [-0.15, -0.1) is 0 Å². The zero-order valence-corrected chi connectivity index (χ0v) is 14.0. The summed E-state index contributed by atoms with van der Waals surface area (Å²) in [4.78, 5) is 14.8. The summed E-state index contributed by atoms with van der Waals surface area (Å²) in [6.07, 6.45) is 7.81. The molecule has 0 aromatic heterocycles. The molecule has 2 bridgehead atoms. The van der Waals surface area contributed by atoms with Gasteiger partial charge < -0.3 is 16.0 Å². The van der Waals surface area contributed by atoms with E-state index < -0.39 is 0 Å². The zero-order valence-electron chi connectivity index (χ0n) is 14.0. The van der Waals surface area contributed by atoms with Gasteiger partial charge >= 0.3 is 0 Å². The van der Waals surface area contributed by atoms with Gasteiger partial charge in [-0.2, -0.15) is 0 Å². The molecule has 2 aliphatic rings. The molecule has 2 saturated heterocycles. The van der Waals surface area contributed by atoms with Crippen molar-refractivity contribution in [3.8, 4) is 0 Å². The van der Waals surface area contributed by atoms with Crippen molar-refractivity contribution in [1.29, 1.82) is 0 Å². The molecule has 0 saturated carbocycles. The molecule has 0 aliphatic carbocycles. The Morgan fingerprint density at radius 3 is 2.43 bits per heavy atom. The molecule has 4 heteroatoms. The predicted octanol–water partition coefficient (Wildman–Crippen LogP) is 2.13. The minimum atomic E-state index is 0.207. The number of nitrogens with two attached hydrogens (primary N) is 1. The monoisotopic (exact) mass is 295 g/mol. The van der Waals surface area contributed by atoms with E-state index in [9.17, 15) is 4.79 Å². The first-order valence-corrected chi connectivity index (χ1v) is 8.71. The summed E-state index contributed by atoms with van der Waals surface area (Å²) in [7, 11) is 2.25. The van der Waals surface area contributed by atoms with Crippen LogP contribution in [-0.2, 0) is 4.79 Å². The van der Waals surface area contributed by atoms with E-state index in [1.807, 2.05) is 0 Å². The number of carbonyl (C=O) groups is 1. The standard InChI is InChI=1S/C17H33N3O/c1-12(2)7-13(11-18)8-17(21)19-14-9-15-5-4-6-16(10-14)20(15)3/h12-16H,4-11,18H2,1-3H3,(H,19,21)/t13-,14?,15?,16?/m0/s1. The number of carbonyl (C=O) groups excluding carboxylic acids is 1. The summed E-state index contributed by atoms with van der Waals surface area (Å²) >= 11 is 0. The van der Waals surface area contributed by atoms with Gasteiger partial charge in [0.25, 0.3) is 0 Å². The van der Waals surface area contributed by atoms with Gasteiger partial charge in [0.2, 0.25) is 5.91 Å². The van der Waals surface area contributed by atoms with Gasteiger partial charge in [0.15, 0.2) is 0 Å². The molecular formula is C17H33N3O. The number of hydrogen-bond acceptors (Lipinski definition) is 3. The van der Waals surface area contributed by atoms with E-state index in [0.717, 1.165) is 19.3 Å². The Morgan fingerprint density at radius 2 is 1.90 bits per heavy atom. The lowest BCUT2D eigenvalue weighted by atomic mass is 9.82. The fourth-order valence-electron chi connectivity index (χ4n) is 4.21. The van der Waals surface area contributed by atoms with Crippen molar-refractivity contribution in [3.05, 3.63) is 0 Å². The molecule has 2 aliphatic heterocycles. The molecule has 21 heavy (non-hydrogen) atoms. The molecule has 2 heterocycles. The van der Waals surface area contributed by atoms with Crippen LogP contribution in [0.25, 0.3) is 0 Å². The molecule has 0 aromatic carbocycles. The highest BCUT2D eigenvalue weighted by molar-refractivity contribution is 5.76. The molecule has 0 radical (unpaired) electrons. The number of nitrogens with zero attached hydrogens (tertiary/aromatic N) is 1. The number of nitrogens with one attached hydrogen (secondary N) is 1. The lowest BCUT2D eigenvalue weighted by Crippen LogP contribution is -2.55. The SMILES string of the molecule is CC(C)C[C@H](CN)CC(=O)NC1CC2CCCC(C1)N2C. The molecule has 3 atom stereocenters. The Balaban J connectivity index is 1.80. The van der Waals surface area contributed by atoms with Crippen molar-refractivity contribution in [3.63, 3.8) is 0 Å². The summed E-state index contributed by atoms with van der Waals surface area (Å²) < 4.78 is 0. The van der Waals surface area contributed by atoms with Gasteiger partial charge in [-0.05, 0) is 57.5 Å². The third-order valence-corrected chi connectivity index (χ3v) is 5.32. The summed E-state index contributed by atoms with van der Waals surface area (Å²) in [6, 6.07) is 1.72.